The van der Waals surface area contributed by atoms with Gasteiger partial charge in [0.05, 0.1) is 33.1 Å². The van der Waals surface area contributed by atoms with E-state index in [4.69, 9.17) is 13.9 Å². The Morgan fingerprint density at radius 1 is 1.19 bits per heavy atom. The van der Waals surface area contributed by atoms with E-state index in [2.05, 4.69) is 15.5 Å². The summed E-state index contributed by atoms with van der Waals surface area (Å²) in [5, 5.41) is 13.1. The number of carbonyl (C=O) groups is 2. The lowest BCUT2D eigenvalue weighted by Crippen LogP contribution is -2.41. The number of benzene rings is 1. The first-order valence-electron chi connectivity index (χ1n) is 9.79. The maximum Gasteiger partial charge on any atom is 0.277 e. The third kappa shape index (κ3) is 6.24. The first kappa shape index (κ1) is 23.6. The SMILES string of the molecule is CCN(CC(=O)NCc1cccs1)C(=O)CSc1nnc(-c2ccc(OC)c(OC)c2)o1. The highest BCUT2D eigenvalue weighted by atomic mass is 32.2. The van der Waals surface area contributed by atoms with Crippen LogP contribution >= 0.6 is 23.1 Å². The van der Waals surface area contributed by atoms with Crippen LogP contribution in [0, 0.1) is 0 Å². The van der Waals surface area contributed by atoms with Crippen LogP contribution in [0.4, 0.5) is 0 Å². The fourth-order valence-electron chi connectivity index (χ4n) is 2.77. The van der Waals surface area contributed by atoms with Gasteiger partial charge in [-0.2, -0.15) is 0 Å². The molecule has 3 aromatic rings. The Bertz CT molecular complexity index is 1040. The van der Waals surface area contributed by atoms with Crippen molar-refractivity contribution in [3.63, 3.8) is 0 Å². The van der Waals surface area contributed by atoms with Gasteiger partial charge in [-0.15, -0.1) is 21.5 Å². The van der Waals surface area contributed by atoms with E-state index in [-0.39, 0.29) is 29.3 Å². The van der Waals surface area contributed by atoms with E-state index in [1.165, 1.54) is 4.90 Å². The molecule has 0 atom stereocenters. The van der Waals surface area contributed by atoms with Crippen LogP contribution in [0.5, 0.6) is 11.5 Å². The Morgan fingerprint density at radius 2 is 2.00 bits per heavy atom. The van der Waals surface area contributed by atoms with Gasteiger partial charge in [0, 0.05) is 17.0 Å². The number of rotatable bonds is 11. The number of ether oxygens (including phenoxy) is 2. The van der Waals surface area contributed by atoms with Crippen LogP contribution < -0.4 is 14.8 Å². The first-order valence-corrected chi connectivity index (χ1v) is 11.7. The minimum absolute atomic E-state index is 0.00198. The van der Waals surface area contributed by atoms with E-state index in [0.717, 1.165) is 16.6 Å². The molecule has 0 unspecified atom stereocenters. The van der Waals surface area contributed by atoms with Gasteiger partial charge in [0.15, 0.2) is 11.5 Å². The van der Waals surface area contributed by atoms with Crippen LogP contribution in [-0.2, 0) is 16.1 Å². The van der Waals surface area contributed by atoms with Crippen molar-refractivity contribution in [1.82, 2.24) is 20.4 Å². The van der Waals surface area contributed by atoms with Gasteiger partial charge in [-0.25, -0.2) is 0 Å². The largest absolute Gasteiger partial charge is 0.493 e. The van der Waals surface area contributed by atoms with Crippen LogP contribution in [-0.4, -0.2) is 60.0 Å². The molecule has 11 heteroatoms. The summed E-state index contributed by atoms with van der Waals surface area (Å²) < 4.78 is 16.2. The van der Waals surface area contributed by atoms with Crippen molar-refractivity contribution in [3.05, 3.63) is 40.6 Å². The van der Waals surface area contributed by atoms with Crippen molar-refractivity contribution in [1.29, 1.82) is 0 Å². The molecule has 2 heterocycles. The van der Waals surface area contributed by atoms with E-state index in [1.54, 1.807) is 43.8 Å². The topological polar surface area (TPSA) is 107 Å². The molecule has 0 aliphatic heterocycles. The summed E-state index contributed by atoms with van der Waals surface area (Å²) in [6.07, 6.45) is 0. The number of carbonyl (C=O) groups excluding carboxylic acids is 2. The van der Waals surface area contributed by atoms with Crippen LogP contribution in [0.3, 0.4) is 0 Å². The maximum absolute atomic E-state index is 12.6. The van der Waals surface area contributed by atoms with Crippen LogP contribution in [0.2, 0.25) is 0 Å². The number of hydrogen-bond donors (Lipinski definition) is 1. The van der Waals surface area contributed by atoms with Gasteiger partial charge in [0.25, 0.3) is 5.22 Å². The number of nitrogens with zero attached hydrogens (tertiary/aromatic N) is 3. The van der Waals surface area contributed by atoms with E-state index in [1.807, 2.05) is 24.4 Å². The van der Waals surface area contributed by atoms with Gasteiger partial charge in [0.2, 0.25) is 17.7 Å². The highest BCUT2D eigenvalue weighted by molar-refractivity contribution is 7.99. The van der Waals surface area contributed by atoms with Gasteiger partial charge in [0.1, 0.15) is 0 Å². The molecule has 0 bridgehead atoms. The van der Waals surface area contributed by atoms with Crippen LogP contribution in [0.15, 0.2) is 45.4 Å². The standard InChI is InChI=1S/C21H24N4O5S2/c1-4-25(12-18(26)22-11-15-6-5-9-31-15)19(27)13-32-21-24-23-20(30-21)14-7-8-16(28-2)17(10-14)29-3/h5-10H,4,11-13H2,1-3H3,(H,22,26). The number of thiophene rings is 1. The number of amides is 2. The zero-order chi connectivity index (χ0) is 22.9. The maximum atomic E-state index is 12.6. The Morgan fingerprint density at radius 3 is 2.69 bits per heavy atom. The number of methoxy groups -OCH3 is 2. The summed E-state index contributed by atoms with van der Waals surface area (Å²) >= 11 is 2.70. The molecule has 0 radical (unpaired) electrons. The van der Waals surface area contributed by atoms with Crippen molar-refractivity contribution < 1.29 is 23.5 Å². The van der Waals surface area contributed by atoms with Crippen molar-refractivity contribution in [3.8, 4) is 23.0 Å². The Balaban J connectivity index is 1.52. The predicted octanol–water partition coefficient (Wildman–Crippen LogP) is 3.07. The number of hydrogen-bond acceptors (Lipinski definition) is 9. The van der Waals surface area contributed by atoms with Gasteiger partial charge in [-0.05, 0) is 36.6 Å². The molecule has 9 nitrogen and oxygen atoms in total. The van der Waals surface area contributed by atoms with E-state index >= 15 is 0 Å². The minimum Gasteiger partial charge on any atom is -0.493 e. The predicted molar refractivity (Wildman–Crippen MR) is 122 cm³/mol. The van der Waals surface area contributed by atoms with E-state index in [0.29, 0.717) is 36.0 Å². The Hall–Kier alpha value is -3.05. The average Bonchev–Trinajstić information content (AvgIpc) is 3.51. The second kappa shape index (κ2) is 11.5. The number of aromatic nitrogens is 2. The molecular weight excluding hydrogens is 452 g/mol. The lowest BCUT2D eigenvalue weighted by atomic mass is 10.2. The second-order valence-electron chi connectivity index (χ2n) is 6.50. The van der Waals surface area contributed by atoms with E-state index in [9.17, 15) is 9.59 Å². The van der Waals surface area contributed by atoms with Gasteiger partial charge in [-0.1, -0.05) is 17.8 Å². The zero-order valence-corrected chi connectivity index (χ0v) is 19.6. The first-order chi connectivity index (χ1) is 15.5. The third-order valence-corrected chi connectivity index (χ3v) is 6.14. The van der Waals surface area contributed by atoms with Crippen LogP contribution in [0.25, 0.3) is 11.5 Å². The molecule has 3 rings (SSSR count). The summed E-state index contributed by atoms with van der Waals surface area (Å²) in [4.78, 5) is 27.3. The molecule has 0 saturated heterocycles. The molecule has 0 aliphatic rings. The molecule has 170 valence electrons. The van der Waals surface area contributed by atoms with E-state index < -0.39 is 0 Å². The summed E-state index contributed by atoms with van der Waals surface area (Å²) in [6.45, 7) is 2.71. The molecule has 0 aliphatic carbocycles. The monoisotopic (exact) mass is 476 g/mol. The summed E-state index contributed by atoms with van der Waals surface area (Å²) in [6, 6.07) is 9.14. The molecule has 1 aromatic carbocycles. The summed E-state index contributed by atoms with van der Waals surface area (Å²) in [7, 11) is 3.10. The molecule has 2 aromatic heterocycles. The Labute approximate surface area is 194 Å². The fraction of sp³-hybridized carbons (Fsp3) is 0.333. The zero-order valence-electron chi connectivity index (χ0n) is 18.0. The fourth-order valence-corrected chi connectivity index (χ4v) is 4.08. The molecular formula is C21H24N4O5S2. The highest BCUT2D eigenvalue weighted by Gasteiger charge is 2.18. The van der Waals surface area contributed by atoms with Crippen molar-refractivity contribution in [2.75, 3.05) is 33.1 Å². The highest BCUT2D eigenvalue weighted by Crippen LogP contribution is 2.32. The summed E-state index contributed by atoms with van der Waals surface area (Å²) in [5.74, 6) is 1.14. The van der Waals surface area contributed by atoms with Gasteiger partial charge >= 0.3 is 0 Å². The average molecular weight is 477 g/mol. The van der Waals surface area contributed by atoms with Crippen molar-refractivity contribution in [2.45, 2.75) is 18.7 Å². The second-order valence-corrected chi connectivity index (χ2v) is 8.45. The lowest BCUT2D eigenvalue weighted by molar-refractivity contribution is -0.133. The Kier molecular flexibility index (Phi) is 8.51. The third-order valence-electron chi connectivity index (χ3n) is 4.46. The summed E-state index contributed by atoms with van der Waals surface area (Å²) in [5.41, 5.74) is 0.672. The van der Waals surface area contributed by atoms with Gasteiger partial charge < -0.3 is 24.1 Å². The lowest BCUT2D eigenvalue weighted by Gasteiger charge is -2.19. The molecule has 0 saturated carbocycles. The number of likely N-dealkylation sites (N-methyl/N-ethyl adjacent to an activating group) is 1. The smallest absolute Gasteiger partial charge is 0.277 e. The minimum atomic E-state index is -0.202. The van der Waals surface area contributed by atoms with Crippen molar-refractivity contribution >= 4 is 34.9 Å². The molecule has 1 N–H and O–H groups in total. The molecule has 0 spiro atoms. The molecule has 2 amide bonds. The normalized spacial score (nSPS) is 10.6. The molecule has 32 heavy (non-hydrogen) atoms. The quantitative estimate of drug-likeness (QED) is 0.421. The van der Waals surface area contributed by atoms with Crippen molar-refractivity contribution in [2.24, 2.45) is 0 Å². The van der Waals surface area contributed by atoms with Crippen LogP contribution in [0.1, 0.15) is 11.8 Å². The number of nitrogens with one attached hydrogen (secondary N) is 1. The van der Waals surface area contributed by atoms with Gasteiger partial charge in [-0.3, -0.25) is 9.59 Å². The number of thioether (sulfide) groups is 1. The molecule has 0 fully saturated rings.